The molecule has 0 saturated carbocycles. The Labute approximate surface area is 83.2 Å². The number of carboxylic acids is 1. The molecule has 4 heteroatoms. The molecule has 78 valence electrons. The average Bonchev–Trinajstić information content (AvgIpc) is 2.67. The van der Waals surface area contributed by atoms with Crippen LogP contribution in [-0.2, 0) is 9.59 Å². The fourth-order valence-corrected chi connectivity index (χ4v) is 1.48. The number of rotatable bonds is 2. The van der Waals surface area contributed by atoms with Gasteiger partial charge in [0.15, 0.2) is 0 Å². The summed E-state index contributed by atoms with van der Waals surface area (Å²) >= 11 is 0. The Morgan fingerprint density at radius 3 is 2.00 bits per heavy atom. The van der Waals surface area contributed by atoms with Crippen LogP contribution in [0.4, 0.5) is 0 Å². The first-order valence-corrected chi connectivity index (χ1v) is 4.74. The lowest BCUT2D eigenvalue weighted by molar-refractivity contribution is -0.133. The van der Waals surface area contributed by atoms with E-state index in [1.807, 2.05) is 0 Å². The summed E-state index contributed by atoms with van der Waals surface area (Å²) in [7, 11) is 0. The van der Waals surface area contributed by atoms with Crippen LogP contribution >= 0.6 is 0 Å². The lowest BCUT2D eigenvalue weighted by Crippen LogP contribution is -2.29. The van der Waals surface area contributed by atoms with Crippen molar-refractivity contribution in [1.82, 2.24) is 4.90 Å². The van der Waals surface area contributed by atoms with Crippen molar-refractivity contribution >= 4 is 11.9 Å². The molecule has 0 bridgehead atoms. The van der Waals surface area contributed by atoms with Crippen molar-refractivity contribution in [3.05, 3.63) is 11.1 Å². The largest absolute Gasteiger partial charge is 0.478 e. The van der Waals surface area contributed by atoms with E-state index in [4.69, 9.17) is 5.11 Å². The molecule has 0 atom stereocenters. The Balaban J connectivity index is 2.77. The third-order valence-electron chi connectivity index (χ3n) is 2.60. The highest BCUT2D eigenvalue weighted by molar-refractivity contribution is 6.01. The number of likely N-dealkylation sites (tertiary alicyclic amines) is 1. The van der Waals surface area contributed by atoms with Gasteiger partial charge in [0, 0.05) is 24.2 Å². The summed E-state index contributed by atoms with van der Waals surface area (Å²) in [6.07, 6.45) is 2.04. The summed E-state index contributed by atoms with van der Waals surface area (Å²) < 4.78 is 0. The Morgan fingerprint density at radius 2 is 1.57 bits per heavy atom. The molecule has 1 rings (SSSR count). The number of carbonyl (C=O) groups excluding carboxylic acids is 1. The predicted molar refractivity (Wildman–Crippen MR) is 51.8 cm³/mol. The first-order valence-electron chi connectivity index (χ1n) is 4.74. The number of amides is 1. The Hall–Kier alpha value is -1.32. The molecule has 1 fully saturated rings. The maximum Gasteiger partial charge on any atom is 0.331 e. The van der Waals surface area contributed by atoms with E-state index >= 15 is 0 Å². The van der Waals surface area contributed by atoms with Crippen LogP contribution in [0.3, 0.4) is 0 Å². The molecule has 0 unspecified atom stereocenters. The molecular formula is C10H15NO3. The van der Waals surface area contributed by atoms with E-state index in [0.717, 1.165) is 25.9 Å². The van der Waals surface area contributed by atoms with Gasteiger partial charge in [0.25, 0.3) is 0 Å². The zero-order valence-electron chi connectivity index (χ0n) is 8.54. The van der Waals surface area contributed by atoms with Gasteiger partial charge in [0.1, 0.15) is 0 Å². The molecule has 0 aliphatic carbocycles. The van der Waals surface area contributed by atoms with Gasteiger partial charge in [-0.05, 0) is 26.7 Å². The van der Waals surface area contributed by atoms with E-state index in [2.05, 4.69) is 0 Å². The molecule has 0 radical (unpaired) electrons. The topological polar surface area (TPSA) is 57.6 Å². The van der Waals surface area contributed by atoms with E-state index < -0.39 is 5.97 Å². The van der Waals surface area contributed by atoms with Crippen LogP contribution < -0.4 is 0 Å². The molecule has 0 spiro atoms. The minimum atomic E-state index is -1.02. The molecule has 14 heavy (non-hydrogen) atoms. The number of hydrogen-bond acceptors (Lipinski definition) is 2. The molecule has 4 nitrogen and oxygen atoms in total. The Bertz CT molecular complexity index is 288. The second-order valence-electron chi connectivity index (χ2n) is 3.55. The lowest BCUT2D eigenvalue weighted by Gasteiger charge is -2.16. The van der Waals surface area contributed by atoms with Crippen LogP contribution in [0.25, 0.3) is 0 Å². The van der Waals surface area contributed by atoms with Gasteiger partial charge in [0.05, 0.1) is 0 Å². The number of carboxylic acid groups (broad SMARTS) is 1. The van der Waals surface area contributed by atoms with E-state index in [1.165, 1.54) is 6.92 Å². The third kappa shape index (κ3) is 2.13. The van der Waals surface area contributed by atoms with Crippen LogP contribution in [0.15, 0.2) is 11.1 Å². The van der Waals surface area contributed by atoms with Crippen molar-refractivity contribution in [2.45, 2.75) is 26.7 Å². The fraction of sp³-hybridized carbons (Fsp3) is 0.600. The third-order valence-corrected chi connectivity index (χ3v) is 2.60. The van der Waals surface area contributed by atoms with Gasteiger partial charge in [-0.15, -0.1) is 0 Å². The van der Waals surface area contributed by atoms with Crippen molar-refractivity contribution in [3.63, 3.8) is 0 Å². The Kier molecular flexibility index (Phi) is 3.28. The summed E-state index contributed by atoms with van der Waals surface area (Å²) in [5, 5.41) is 8.72. The SMILES string of the molecule is C/C(C(=O)O)=C(/C)C(=O)N1CCCC1. The van der Waals surface area contributed by atoms with Gasteiger partial charge < -0.3 is 10.0 Å². The molecule has 0 aromatic heterocycles. The summed E-state index contributed by atoms with van der Waals surface area (Å²) in [6, 6.07) is 0. The van der Waals surface area contributed by atoms with Crippen LogP contribution in [0.2, 0.25) is 0 Å². The summed E-state index contributed by atoms with van der Waals surface area (Å²) in [6.45, 7) is 4.54. The van der Waals surface area contributed by atoms with Crippen molar-refractivity contribution < 1.29 is 14.7 Å². The molecule has 1 heterocycles. The first kappa shape index (κ1) is 10.8. The second-order valence-corrected chi connectivity index (χ2v) is 3.55. The molecule has 1 aliphatic heterocycles. The number of carbonyl (C=O) groups is 2. The highest BCUT2D eigenvalue weighted by Crippen LogP contribution is 2.13. The minimum absolute atomic E-state index is 0.137. The van der Waals surface area contributed by atoms with Crippen molar-refractivity contribution in [2.75, 3.05) is 13.1 Å². The van der Waals surface area contributed by atoms with Gasteiger partial charge in [-0.25, -0.2) is 4.79 Å². The average molecular weight is 197 g/mol. The summed E-state index contributed by atoms with van der Waals surface area (Å²) in [5.74, 6) is -1.16. The van der Waals surface area contributed by atoms with E-state index in [1.54, 1.807) is 11.8 Å². The van der Waals surface area contributed by atoms with Crippen molar-refractivity contribution in [2.24, 2.45) is 0 Å². The van der Waals surface area contributed by atoms with Crippen LogP contribution in [0.1, 0.15) is 26.7 Å². The molecule has 1 aliphatic rings. The maximum absolute atomic E-state index is 11.7. The summed E-state index contributed by atoms with van der Waals surface area (Å²) in [5.41, 5.74) is 0.487. The first-order chi connectivity index (χ1) is 6.54. The van der Waals surface area contributed by atoms with Gasteiger partial charge in [0.2, 0.25) is 5.91 Å². The Morgan fingerprint density at radius 1 is 1.07 bits per heavy atom. The van der Waals surface area contributed by atoms with Crippen molar-refractivity contribution in [3.8, 4) is 0 Å². The van der Waals surface area contributed by atoms with Gasteiger partial charge in [-0.1, -0.05) is 0 Å². The highest BCUT2D eigenvalue weighted by Gasteiger charge is 2.21. The molecule has 1 saturated heterocycles. The molecule has 0 aromatic carbocycles. The van der Waals surface area contributed by atoms with Crippen LogP contribution in [0, 0.1) is 0 Å². The van der Waals surface area contributed by atoms with E-state index in [0.29, 0.717) is 5.57 Å². The standard InChI is InChI=1S/C10H15NO3/c1-7(8(2)10(13)14)9(12)11-5-3-4-6-11/h3-6H2,1-2H3,(H,13,14)/b8-7+. The molecule has 0 aromatic rings. The zero-order valence-corrected chi connectivity index (χ0v) is 8.54. The van der Waals surface area contributed by atoms with Gasteiger partial charge in [-0.3, -0.25) is 4.79 Å². The fourth-order valence-electron chi connectivity index (χ4n) is 1.48. The van der Waals surface area contributed by atoms with Crippen LogP contribution in [0.5, 0.6) is 0 Å². The highest BCUT2D eigenvalue weighted by atomic mass is 16.4. The predicted octanol–water partition coefficient (Wildman–Crippen LogP) is 1.03. The molecular weight excluding hydrogens is 182 g/mol. The summed E-state index contributed by atoms with van der Waals surface area (Å²) in [4.78, 5) is 24.0. The minimum Gasteiger partial charge on any atom is -0.478 e. The number of nitrogens with zero attached hydrogens (tertiary/aromatic N) is 1. The normalized spacial score (nSPS) is 18.0. The number of hydrogen-bond donors (Lipinski definition) is 1. The molecule has 1 N–H and O–H groups in total. The number of aliphatic carboxylic acids is 1. The quantitative estimate of drug-likeness (QED) is 0.672. The monoisotopic (exact) mass is 197 g/mol. The maximum atomic E-state index is 11.7. The van der Waals surface area contributed by atoms with Gasteiger partial charge in [-0.2, -0.15) is 0 Å². The smallest absolute Gasteiger partial charge is 0.331 e. The van der Waals surface area contributed by atoms with E-state index in [9.17, 15) is 9.59 Å². The van der Waals surface area contributed by atoms with E-state index in [-0.39, 0.29) is 11.5 Å². The van der Waals surface area contributed by atoms with Crippen LogP contribution in [-0.4, -0.2) is 35.0 Å². The lowest BCUT2D eigenvalue weighted by atomic mass is 10.1. The zero-order chi connectivity index (χ0) is 10.7. The molecule has 1 amide bonds. The second kappa shape index (κ2) is 4.26. The van der Waals surface area contributed by atoms with Gasteiger partial charge >= 0.3 is 5.97 Å². The van der Waals surface area contributed by atoms with Crippen molar-refractivity contribution in [1.29, 1.82) is 0 Å².